The summed E-state index contributed by atoms with van der Waals surface area (Å²) >= 11 is 0. The normalized spacial score (nSPS) is 44.9. The summed E-state index contributed by atoms with van der Waals surface area (Å²) in [5.74, 6) is 2.30. The van der Waals surface area contributed by atoms with Crippen molar-refractivity contribution in [2.24, 2.45) is 34.0 Å². The van der Waals surface area contributed by atoms with E-state index >= 15 is 0 Å². The van der Waals surface area contributed by atoms with Crippen molar-refractivity contribution >= 4 is 0 Å². The number of hydrogen-bond donors (Lipinski definition) is 1. The van der Waals surface area contributed by atoms with E-state index in [0.29, 0.717) is 28.3 Å². The van der Waals surface area contributed by atoms with Gasteiger partial charge in [0.2, 0.25) is 0 Å². The summed E-state index contributed by atoms with van der Waals surface area (Å²) in [5.41, 5.74) is 4.71. The van der Waals surface area contributed by atoms with Crippen LogP contribution in [0.2, 0.25) is 0 Å². The molecule has 0 saturated heterocycles. The third-order valence-electron chi connectivity index (χ3n) is 10.8. The largest absolute Gasteiger partial charge is 0.316 e. The van der Waals surface area contributed by atoms with Crippen molar-refractivity contribution < 1.29 is 0 Å². The lowest BCUT2D eigenvalue weighted by atomic mass is 9.51. The van der Waals surface area contributed by atoms with Gasteiger partial charge in [-0.2, -0.15) is 0 Å². The Morgan fingerprint density at radius 3 is 2.34 bits per heavy atom. The first-order valence-corrected chi connectivity index (χ1v) is 12.3. The van der Waals surface area contributed by atoms with Crippen LogP contribution in [0.3, 0.4) is 0 Å². The van der Waals surface area contributed by atoms with E-state index in [1.165, 1.54) is 44.9 Å². The van der Waals surface area contributed by atoms with Crippen LogP contribution >= 0.6 is 0 Å². The van der Waals surface area contributed by atoms with Crippen molar-refractivity contribution in [1.82, 2.24) is 10.2 Å². The average Bonchev–Trinajstić information content (AvgIpc) is 2.81. The first kappa shape index (κ1) is 21.6. The highest BCUT2D eigenvalue weighted by molar-refractivity contribution is 5.37. The fourth-order valence-corrected chi connectivity index (χ4v) is 8.43. The van der Waals surface area contributed by atoms with Gasteiger partial charge in [0, 0.05) is 12.1 Å². The van der Waals surface area contributed by atoms with Crippen molar-refractivity contribution in [2.75, 3.05) is 21.1 Å². The SMILES string of the molecule is CN[C@H]1CCC2=CC3=CC[C@]4(C)[C@@H]([C@H](C)N(C)C)CC[C@@]4(C)[C@@H]3CC[C@H]2C1(C)C. The minimum atomic E-state index is 0.356. The van der Waals surface area contributed by atoms with E-state index < -0.39 is 0 Å². The highest BCUT2D eigenvalue weighted by atomic mass is 15.1. The molecular weight excluding hydrogens is 352 g/mol. The van der Waals surface area contributed by atoms with Gasteiger partial charge in [-0.1, -0.05) is 45.4 Å². The second kappa shape index (κ2) is 7.23. The van der Waals surface area contributed by atoms with Gasteiger partial charge in [-0.05, 0) is 113 Å². The van der Waals surface area contributed by atoms with Crippen molar-refractivity contribution in [3.05, 3.63) is 23.3 Å². The molecule has 7 atom stereocenters. The molecule has 0 aromatic rings. The van der Waals surface area contributed by atoms with E-state index in [2.05, 4.69) is 78.1 Å². The van der Waals surface area contributed by atoms with Crippen LogP contribution < -0.4 is 5.32 Å². The van der Waals surface area contributed by atoms with Crippen LogP contribution in [0.4, 0.5) is 0 Å². The molecule has 2 saturated carbocycles. The second-order valence-corrected chi connectivity index (χ2v) is 12.2. The Labute approximate surface area is 180 Å². The molecular formula is C27H46N2. The van der Waals surface area contributed by atoms with E-state index in [0.717, 1.165) is 17.8 Å². The van der Waals surface area contributed by atoms with Crippen LogP contribution in [0, 0.1) is 34.0 Å². The van der Waals surface area contributed by atoms with E-state index in [9.17, 15) is 0 Å². The number of fused-ring (bicyclic) bond motifs is 4. The van der Waals surface area contributed by atoms with Gasteiger partial charge in [-0.15, -0.1) is 0 Å². The zero-order valence-corrected chi connectivity index (χ0v) is 20.4. The third-order valence-corrected chi connectivity index (χ3v) is 10.8. The molecule has 0 aromatic heterocycles. The summed E-state index contributed by atoms with van der Waals surface area (Å²) in [6.07, 6.45) is 14.8. The number of rotatable bonds is 3. The number of allylic oxidation sites excluding steroid dienone is 4. The molecule has 2 nitrogen and oxygen atoms in total. The van der Waals surface area contributed by atoms with E-state index in [1.807, 2.05) is 0 Å². The van der Waals surface area contributed by atoms with Gasteiger partial charge in [-0.3, -0.25) is 0 Å². The molecule has 0 amide bonds. The molecule has 164 valence electrons. The fraction of sp³-hybridized carbons (Fsp3) is 0.852. The molecule has 1 N–H and O–H groups in total. The summed E-state index contributed by atoms with van der Waals surface area (Å²) in [7, 11) is 6.71. The fourth-order valence-electron chi connectivity index (χ4n) is 8.43. The lowest BCUT2D eigenvalue weighted by molar-refractivity contribution is -0.0114. The van der Waals surface area contributed by atoms with Crippen molar-refractivity contribution in [3.63, 3.8) is 0 Å². The molecule has 29 heavy (non-hydrogen) atoms. The molecule has 0 bridgehead atoms. The first-order chi connectivity index (χ1) is 13.6. The predicted molar refractivity (Wildman–Crippen MR) is 125 cm³/mol. The average molecular weight is 399 g/mol. The molecule has 0 spiro atoms. The molecule has 0 radical (unpaired) electrons. The first-order valence-electron chi connectivity index (χ1n) is 12.3. The zero-order chi connectivity index (χ0) is 21.2. The maximum Gasteiger partial charge on any atom is 0.0124 e. The number of hydrogen-bond acceptors (Lipinski definition) is 2. The Morgan fingerprint density at radius 1 is 1.00 bits per heavy atom. The summed E-state index contributed by atoms with van der Waals surface area (Å²) in [4.78, 5) is 2.46. The Hall–Kier alpha value is -0.600. The highest BCUT2D eigenvalue weighted by Crippen LogP contribution is 2.68. The highest BCUT2D eigenvalue weighted by Gasteiger charge is 2.60. The minimum absolute atomic E-state index is 0.356. The molecule has 0 heterocycles. The van der Waals surface area contributed by atoms with Crippen molar-refractivity contribution in [2.45, 2.75) is 91.6 Å². The van der Waals surface area contributed by atoms with Gasteiger partial charge >= 0.3 is 0 Å². The van der Waals surface area contributed by atoms with Crippen LogP contribution in [-0.2, 0) is 0 Å². The van der Waals surface area contributed by atoms with E-state index in [-0.39, 0.29) is 0 Å². The summed E-state index contributed by atoms with van der Waals surface area (Å²) in [6, 6.07) is 1.32. The second-order valence-electron chi connectivity index (χ2n) is 12.2. The van der Waals surface area contributed by atoms with Gasteiger partial charge < -0.3 is 10.2 Å². The third kappa shape index (κ3) is 3.03. The smallest absolute Gasteiger partial charge is 0.0124 e. The van der Waals surface area contributed by atoms with Crippen LogP contribution in [0.5, 0.6) is 0 Å². The van der Waals surface area contributed by atoms with Crippen LogP contribution in [-0.4, -0.2) is 38.1 Å². The quantitative estimate of drug-likeness (QED) is 0.622. The lowest BCUT2D eigenvalue weighted by Crippen LogP contribution is -2.49. The minimum Gasteiger partial charge on any atom is -0.316 e. The van der Waals surface area contributed by atoms with Gasteiger partial charge in [0.25, 0.3) is 0 Å². The van der Waals surface area contributed by atoms with Crippen LogP contribution in [0.1, 0.15) is 79.6 Å². The summed E-state index contributed by atoms with van der Waals surface area (Å²) in [6.45, 7) is 12.8. The van der Waals surface area contributed by atoms with Gasteiger partial charge in [0.1, 0.15) is 0 Å². The summed E-state index contributed by atoms with van der Waals surface area (Å²) < 4.78 is 0. The Bertz CT molecular complexity index is 701. The van der Waals surface area contributed by atoms with Crippen molar-refractivity contribution in [3.8, 4) is 0 Å². The van der Waals surface area contributed by atoms with Gasteiger partial charge in [-0.25, -0.2) is 0 Å². The van der Waals surface area contributed by atoms with Gasteiger partial charge in [0.15, 0.2) is 0 Å². The maximum atomic E-state index is 3.64. The van der Waals surface area contributed by atoms with Crippen LogP contribution in [0.15, 0.2) is 23.3 Å². The Kier molecular flexibility index (Phi) is 5.39. The molecule has 0 aliphatic heterocycles. The lowest BCUT2D eigenvalue weighted by Gasteiger charge is -2.54. The molecule has 4 aliphatic rings. The van der Waals surface area contributed by atoms with E-state index in [1.54, 1.807) is 11.1 Å². The molecule has 4 rings (SSSR count). The Balaban J connectivity index is 1.68. The maximum absolute atomic E-state index is 3.64. The molecule has 2 heteroatoms. The molecule has 0 aromatic carbocycles. The molecule has 4 aliphatic carbocycles. The zero-order valence-electron chi connectivity index (χ0n) is 20.4. The predicted octanol–water partition coefficient (Wildman–Crippen LogP) is 6.05. The standard InChI is InChI=1S/C27H46N2/c1-18(29(7)8)21-14-16-27(5)23-11-10-22-19(9-12-24(28-6)25(22,2)3)17-20(23)13-15-26(21,27)4/h13,17-18,21-24,28H,9-12,14-16H2,1-8H3/t18-,21+,22+,23+,24-,26+,27-/m0/s1. The molecule has 0 unspecified atom stereocenters. The van der Waals surface area contributed by atoms with Crippen molar-refractivity contribution in [1.29, 1.82) is 0 Å². The van der Waals surface area contributed by atoms with Crippen LogP contribution in [0.25, 0.3) is 0 Å². The monoisotopic (exact) mass is 398 g/mol. The molecule has 2 fully saturated rings. The topological polar surface area (TPSA) is 15.3 Å². The Morgan fingerprint density at radius 2 is 1.69 bits per heavy atom. The summed E-state index contributed by atoms with van der Waals surface area (Å²) in [5, 5.41) is 3.64. The number of nitrogens with zero attached hydrogens (tertiary/aromatic N) is 1. The van der Waals surface area contributed by atoms with E-state index in [4.69, 9.17) is 0 Å². The number of nitrogens with one attached hydrogen (secondary N) is 1. The van der Waals surface area contributed by atoms with Gasteiger partial charge in [0.05, 0.1) is 0 Å².